The van der Waals surface area contributed by atoms with Crippen molar-refractivity contribution in [3.05, 3.63) is 48.6 Å². The number of carboxylic acid groups (broad SMARTS) is 1. The van der Waals surface area contributed by atoms with Crippen molar-refractivity contribution in [2.24, 2.45) is 11.8 Å². The SMILES string of the molecule is C=CCN(CCN1CCOCC1)C(=O)C1N([C@H](CO)c2ccccc2)C(=O)[C@@H]2[C@H](C(=O)O)[C@@H]3CCC12O3. The van der Waals surface area contributed by atoms with Crippen LogP contribution in [-0.2, 0) is 23.9 Å². The summed E-state index contributed by atoms with van der Waals surface area (Å²) in [5, 5.41) is 20.5. The van der Waals surface area contributed by atoms with Gasteiger partial charge in [-0.05, 0) is 18.4 Å². The average molecular weight is 514 g/mol. The van der Waals surface area contributed by atoms with E-state index in [1.54, 1.807) is 23.1 Å². The summed E-state index contributed by atoms with van der Waals surface area (Å²) in [6.07, 6.45) is 1.95. The van der Waals surface area contributed by atoms with Crippen molar-refractivity contribution in [1.29, 1.82) is 0 Å². The van der Waals surface area contributed by atoms with Gasteiger partial charge in [-0.1, -0.05) is 36.4 Å². The molecule has 1 aromatic rings. The van der Waals surface area contributed by atoms with E-state index in [-0.39, 0.29) is 12.5 Å². The minimum Gasteiger partial charge on any atom is -0.481 e. The van der Waals surface area contributed by atoms with Gasteiger partial charge in [0.2, 0.25) is 11.8 Å². The minimum atomic E-state index is -1.23. The Labute approximate surface area is 216 Å². The Morgan fingerprint density at radius 1 is 1.24 bits per heavy atom. The Hall–Kier alpha value is -2.79. The highest BCUT2D eigenvalue weighted by atomic mass is 16.5. The zero-order valence-corrected chi connectivity index (χ0v) is 20.9. The standard InChI is InChI=1S/C27H35N3O7/c1-2-10-29(12-11-28-13-15-36-16-14-28)25(33)23-27-9-8-20(37-27)21(26(34)35)22(27)24(32)30(23)19(17-31)18-6-4-3-5-7-18/h2-7,19-23,31H,1,8-17H2,(H,34,35)/t19-,20+,21-,22+,23?,27?/m1/s1. The predicted octanol–water partition coefficient (Wildman–Crippen LogP) is 0.526. The minimum absolute atomic E-state index is 0.281. The second kappa shape index (κ2) is 10.5. The molecule has 10 heteroatoms. The van der Waals surface area contributed by atoms with Crippen LogP contribution < -0.4 is 0 Å². The number of rotatable bonds is 10. The molecule has 6 atom stereocenters. The Morgan fingerprint density at radius 2 is 1.97 bits per heavy atom. The summed E-state index contributed by atoms with van der Waals surface area (Å²) < 4.78 is 11.7. The normalized spacial score (nSPS) is 31.8. The quantitative estimate of drug-likeness (QED) is 0.435. The molecule has 2 N–H and O–H groups in total. The Kier molecular flexibility index (Phi) is 7.35. The second-order valence-corrected chi connectivity index (χ2v) is 10.3. The van der Waals surface area contributed by atoms with E-state index >= 15 is 0 Å². The number of carbonyl (C=O) groups excluding carboxylic acids is 2. The van der Waals surface area contributed by atoms with Gasteiger partial charge < -0.3 is 29.5 Å². The number of morpholine rings is 1. The number of likely N-dealkylation sites (tertiary alicyclic amines) is 1. The van der Waals surface area contributed by atoms with Gasteiger partial charge in [0.1, 0.15) is 11.6 Å². The van der Waals surface area contributed by atoms with Crippen LogP contribution in [0.15, 0.2) is 43.0 Å². The highest BCUT2D eigenvalue weighted by Gasteiger charge is 2.75. The number of aliphatic hydroxyl groups is 1. The number of carbonyl (C=O) groups is 3. The van der Waals surface area contributed by atoms with Crippen molar-refractivity contribution in [2.75, 3.05) is 52.5 Å². The first-order valence-corrected chi connectivity index (χ1v) is 13.0. The molecule has 200 valence electrons. The predicted molar refractivity (Wildman–Crippen MR) is 132 cm³/mol. The molecular weight excluding hydrogens is 478 g/mol. The number of carboxylic acids is 1. The van der Waals surface area contributed by atoms with Crippen molar-refractivity contribution in [2.45, 2.75) is 36.6 Å². The molecule has 4 saturated heterocycles. The Bertz CT molecular complexity index is 1030. The van der Waals surface area contributed by atoms with Crippen LogP contribution in [0, 0.1) is 11.8 Å². The van der Waals surface area contributed by atoms with Gasteiger partial charge in [0.15, 0.2) is 0 Å². The van der Waals surface area contributed by atoms with Crippen LogP contribution in [0.3, 0.4) is 0 Å². The number of hydrogen-bond acceptors (Lipinski definition) is 7. The van der Waals surface area contributed by atoms with E-state index in [0.717, 1.165) is 13.1 Å². The lowest BCUT2D eigenvalue weighted by Crippen LogP contribution is -2.58. The van der Waals surface area contributed by atoms with E-state index in [0.29, 0.717) is 44.7 Å². The molecule has 0 radical (unpaired) electrons. The molecule has 5 rings (SSSR count). The maximum absolute atomic E-state index is 14.3. The molecule has 37 heavy (non-hydrogen) atoms. The second-order valence-electron chi connectivity index (χ2n) is 10.3. The van der Waals surface area contributed by atoms with Gasteiger partial charge in [-0.15, -0.1) is 6.58 Å². The highest BCUT2D eigenvalue weighted by molar-refractivity contribution is 5.98. The summed E-state index contributed by atoms with van der Waals surface area (Å²) in [6.45, 7) is 7.62. The van der Waals surface area contributed by atoms with Crippen molar-refractivity contribution >= 4 is 17.8 Å². The smallest absolute Gasteiger partial charge is 0.310 e. The molecule has 2 amide bonds. The lowest BCUT2D eigenvalue weighted by atomic mass is 9.70. The van der Waals surface area contributed by atoms with Crippen LogP contribution in [0.1, 0.15) is 24.4 Å². The number of benzene rings is 1. The van der Waals surface area contributed by atoms with Crippen LogP contribution in [0.2, 0.25) is 0 Å². The van der Waals surface area contributed by atoms with Crippen molar-refractivity contribution in [1.82, 2.24) is 14.7 Å². The molecule has 2 bridgehead atoms. The molecule has 4 aliphatic rings. The number of ether oxygens (including phenoxy) is 2. The molecule has 1 aromatic carbocycles. The first-order valence-electron chi connectivity index (χ1n) is 13.0. The third-order valence-corrected chi connectivity index (χ3v) is 8.40. The fourth-order valence-electron chi connectivity index (χ4n) is 6.72. The largest absolute Gasteiger partial charge is 0.481 e. The summed E-state index contributed by atoms with van der Waals surface area (Å²) in [4.78, 5) is 46.0. The van der Waals surface area contributed by atoms with Gasteiger partial charge in [-0.2, -0.15) is 0 Å². The van der Waals surface area contributed by atoms with Crippen LogP contribution in [0.4, 0.5) is 0 Å². The van der Waals surface area contributed by atoms with E-state index in [2.05, 4.69) is 11.5 Å². The van der Waals surface area contributed by atoms with Gasteiger partial charge in [-0.25, -0.2) is 0 Å². The zero-order chi connectivity index (χ0) is 26.2. The third kappa shape index (κ3) is 4.35. The number of aliphatic hydroxyl groups excluding tert-OH is 1. The fourth-order valence-corrected chi connectivity index (χ4v) is 6.72. The van der Waals surface area contributed by atoms with Crippen molar-refractivity contribution in [3.8, 4) is 0 Å². The summed E-state index contributed by atoms with van der Waals surface area (Å²) in [7, 11) is 0. The maximum Gasteiger partial charge on any atom is 0.310 e. The molecular formula is C27H35N3O7. The monoisotopic (exact) mass is 513 g/mol. The van der Waals surface area contributed by atoms with E-state index in [1.165, 1.54) is 4.90 Å². The van der Waals surface area contributed by atoms with Gasteiger partial charge in [0.05, 0.1) is 43.8 Å². The van der Waals surface area contributed by atoms with Gasteiger partial charge in [0, 0.05) is 32.7 Å². The highest BCUT2D eigenvalue weighted by Crippen LogP contribution is 2.59. The molecule has 0 saturated carbocycles. The average Bonchev–Trinajstić information content (AvgIpc) is 3.56. The molecule has 0 aromatic heterocycles. The summed E-state index contributed by atoms with van der Waals surface area (Å²) in [5.41, 5.74) is -0.555. The number of amides is 2. The summed E-state index contributed by atoms with van der Waals surface area (Å²) in [5.74, 6) is -3.82. The van der Waals surface area contributed by atoms with Crippen LogP contribution >= 0.6 is 0 Å². The van der Waals surface area contributed by atoms with Crippen molar-refractivity contribution in [3.63, 3.8) is 0 Å². The van der Waals surface area contributed by atoms with E-state index < -0.39 is 54.1 Å². The summed E-state index contributed by atoms with van der Waals surface area (Å²) in [6, 6.07) is 7.21. The van der Waals surface area contributed by atoms with Gasteiger partial charge >= 0.3 is 5.97 Å². The first kappa shape index (κ1) is 25.8. The fraction of sp³-hybridized carbons (Fsp3) is 0.593. The lowest BCUT2D eigenvalue weighted by molar-refractivity contribution is -0.153. The molecule has 0 aliphatic carbocycles. The van der Waals surface area contributed by atoms with E-state index in [9.17, 15) is 24.6 Å². The Morgan fingerprint density at radius 3 is 2.62 bits per heavy atom. The third-order valence-electron chi connectivity index (χ3n) is 8.40. The number of nitrogens with zero attached hydrogens (tertiary/aromatic N) is 3. The lowest BCUT2D eigenvalue weighted by Gasteiger charge is -2.40. The summed E-state index contributed by atoms with van der Waals surface area (Å²) >= 11 is 0. The molecule has 4 fully saturated rings. The first-order chi connectivity index (χ1) is 17.9. The van der Waals surface area contributed by atoms with E-state index in [1.807, 2.05) is 18.2 Å². The van der Waals surface area contributed by atoms with Crippen LogP contribution in [-0.4, -0.2) is 113 Å². The van der Waals surface area contributed by atoms with Crippen LogP contribution in [0.5, 0.6) is 0 Å². The molecule has 10 nitrogen and oxygen atoms in total. The maximum atomic E-state index is 14.3. The number of fused-ring (bicyclic) bond motifs is 1. The molecule has 4 heterocycles. The van der Waals surface area contributed by atoms with Gasteiger partial charge in [0.25, 0.3) is 0 Å². The van der Waals surface area contributed by atoms with Crippen molar-refractivity contribution < 1.29 is 34.1 Å². The van der Waals surface area contributed by atoms with E-state index in [4.69, 9.17) is 9.47 Å². The number of aliphatic carboxylic acids is 1. The van der Waals surface area contributed by atoms with Crippen LogP contribution in [0.25, 0.3) is 0 Å². The molecule has 1 spiro atoms. The zero-order valence-electron chi connectivity index (χ0n) is 20.9. The topological polar surface area (TPSA) is 120 Å². The molecule has 4 aliphatic heterocycles. The Balaban J connectivity index is 1.52. The van der Waals surface area contributed by atoms with Gasteiger partial charge in [-0.3, -0.25) is 19.3 Å². The number of hydrogen-bond donors (Lipinski definition) is 2. The molecule has 2 unspecified atom stereocenters.